The first-order valence-electron chi connectivity index (χ1n) is 5.19. The van der Waals surface area contributed by atoms with Gasteiger partial charge in [0.1, 0.15) is 0 Å². The minimum atomic E-state index is -0.830. The van der Waals surface area contributed by atoms with Gasteiger partial charge in [-0.1, -0.05) is 15.9 Å². The number of rotatable bonds is 3. The molecule has 0 aliphatic heterocycles. The number of benzene rings is 1. The first-order chi connectivity index (χ1) is 7.99. The molecular formula is C11H13BrN2OS2. The molecule has 0 amide bonds. The summed E-state index contributed by atoms with van der Waals surface area (Å²) in [5.74, 6) is 0.605. The van der Waals surface area contributed by atoms with Crippen LogP contribution in [-0.2, 0) is 10.8 Å². The molecule has 1 N–H and O–H groups in total. The largest absolute Gasteiger partial charge is 0.331 e. The highest BCUT2D eigenvalue weighted by Gasteiger charge is 2.12. The monoisotopic (exact) mass is 332 g/mol. The quantitative estimate of drug-likeness (QED) is 0.874. The first-order valence-corrected chi connectivity index (χ1v) is 8.11. The lowest BCUT2D eigenvalue weighted by Gasteiger charge is -2.13. The fourth-order valence-corrected chi connectivity index (χ4v) is 3.51. The lowest BCUT2D eigenvalue weighted by molar-refractivity contribution is 0.605. The Bertz CT molecular complexity index is 632. The molecule has 92 valence electrons. The second-order valence-corrected chi connectivity index (χ2v) is 6.83. The second-order valence-electron chi connectivity index (χ2n) is 4.05. The van der Waals surface area contributed by atoms with Gasteiger partial charge in [0.2, 0.25) is 0 Å². The van der Waals surface area contributed by atoms with E-state index >= 15 is 0 Å². The van der Waals surface area contributed by atoms with Gasteiger partial charge < -0.3 is 9.55 Å². The van der Waals surface area contributed by atoms with E-state index in [1.165, 1.54) is 0 Å². The van der Waals surface area contributed by atoms with Gasteiger partial charge in [0.05, 0.1) is 11.0 Å². The zero-order chi connectivity index (χ0) is 12.6. The van der Waals surface area contributed by atoms with E-state index in [-0.39, 0.29) is 6.04 Å². The highest BCUT2D eigenvalue weighted by molar-refractivity contribution is 9.10. The van der Waals surface area contributed by atoms with Crippen LogP contribution in [0.1, 0.15) is 13.0 Å². The van der Waals surface area contributed by atoms with Crippen LogP contribution in [0, 0.1) is 4.77 Å². The molecule has 0 saturated carbocycles. The summed E-state index contributed by atoms with van der Waals surface area (Å²) in [5, 5.41) is 0. The third-order valence-corrected chi connectivity index (χ3v) is 4.34. The van der Waals surface area contributed by atoms with E-state index in [1.807, 2.05) is 29.7 Å². The number of hydrogen-bond acceptors (Lipinski definition) is 2. The van der Waals surface area contributed by atoms with Crippen LogP contribution >= 0.6 is 28.1 Å². The molecule has 0 aliphatic rings. The summed E-state index contributed by atoms with van der Waals surface area (Å²) in [7, 11) is -0.830. The Morgan fingerprint density at radius 1 is 1.59 bits per heavy atom. The Morgan fingerprint density at radius 3 is 2.94 bits per heavy atom. The smallest absolute Gasteiger partial charge is 0.178 e. The molecule has 2 aromatic rings. The lowest BCUT2D eigenvalue weighted by Crippen LogP contribution is -2.12. The van der Waals surface area contributed by atoms with Gasteiger partial charge in [0.25, 0.3) is 0 Å². The molecule has 3 nitrogen and oxygen atoms in total. The summed E-state index contributed by atoms with van der Waals surface area (Å²) >= 11 is 8.77. The number of imidazole rings is 1. The summed E-state index contributed by atoms with van der Waals surface area (Å²) in [6, 6.07) is 6.11. The Balaban J connectivity index is 2.59. The fraction of sp³-hybridized carbons (Fsp3) is 0.364. The summed E-state index contributed by atoms with van der Waals surface area (Å²) in [4.78, 5) is 3.17. The van der Waals surface area contributed by atoms with Crippen molar-refractivity contribution in [2.75, 3.05) is 12.0 Å². The molecule has 6 heteroatoms. The number of nitrogens with one attached hydrogen (secondary N) is 1. The van der Waals surface area contributed by atoms with Crippen LogP contribution in [0.2, 0.25) is 0 Å². The molecule has 0 aliphatic carbocycles. The normalized spacial score (nSPS) is 15.0. The number of hydrogen-bond donors (Lipinski definition) is 1. The SMILES string of the molecule is CC(CS(C)=O)n1c(=S)[nH]c2ccc(Br)cc21. The van der Waals surface area contributed by atoms with Gasteiger partial charge in [-0.05, 0) is 37.3 Å². The molecule has 1 aromatic carbocycles. The zero-order valence-electron chi connectivity index (χ0n) is 9.57. The molecule has 2 rings (SSSR count). The van der Waals surface area contributed by atoms with E-state index in [0.29, 0.717) is 10.5 Å². The molecule has 0 spiro atoms. The first kappa shape index (κ1) is 13.0. The van der Waals surface area contributed by atoms with Crippen LogP contribution in [0.15, 0.2) is 22.7 Å². The van der Waals surface area contributed by atoms with Gasteiger partial charge in [-0.25, -0.2) is 0 Å². The average molecular weight is 333 g/mol. The van der Waals surface area contributed by atoms with Crippen molar-refractivity contribution < 1.29 is 4.21 Å². The maximum absolute atomic E-state index is 11.3. The summed E-state index contributed by atoms with van der Waals surface area (Å²) in [6.07, 6.45) is 1.71. The Morgan fingerprint density at radius 2 is 2.29 bits per heavy atom. The molecule has 17 heavy (non-hydrogen) atoms. The van der Waals surface area contributed by atoms with Crippen molar-refractivity contribution >= 4 is 50.0 Å². The molecule has 0 saturated heterocycles. The fourth-order valence-electron chi connectivity index (χ4n) is 1.95. The Hall–Kier alpha value is -0.460. The van der Waals surface area contributed by atoms with Crippen LogP contribution in [0.4, 0.5) is 0 Å². The van der Waals surface area contributed by atoms with Crippen molar-refractivity contribution in [3.8, 4) is 0 Å². The second kappa shape index (κ2) is 5.04. The summed E-state index contributed by atoms with van der Waals surface area (Å²) in [5.41, 5.74) is 2.05. The molecule has 0 bridgehead atoms. The molecule has 0 radical (unpaired) electrons. The highest BCUT2D eigenvalue weighted by atomic mass is 79.9. The van der Waals surface area contributed by atoms with Gasteiger partial charge in [0.15, 0.2) is 4.77 Å². The van der Waals surface area contributed by atoms with Crippen LogP contribution in [-0.4, -0.2) is 25.8 Å². The molecular weight excluding hydrogens is 320 g/mol. The number of H-pyrrole nitrogens is 1. The number of aromatic amines is 1. The van der Waals surface area contributed by atoms with Crippen LogP contribution in [0.3, 0.4) is 0 Å². The number of aromatic nitrogens is 2. The average Bonchev–Trinajstić information content (AvgIpc) is 2.52. The Kier molecular flexibility index (Phi) is 3.85. The van der Waals surface area contributed by atoms with Gasteiger partial charge in [-0.15, -0.1) is 0 Å². The molecule has 0 fully saturated rings. The minimum Gasteiger partial charge on any atom is -0.331 e. The summed E-state index contributed by atoms with van der Waals surface area (Å²) in [6.45, 7) is 2.03. The van der Waals surface area contributed by atoms with Crippen molar-refractivity contribution in [3.05, 3.63) is 27.4 Å². The number of fused-ring (bicyclic) bond motifs is 1. The van der Waals surface area contributed by atoms with E-state index in [4.69, 9.17) is 12.2 Å². The van der Waals surface area contributed by atoms with E-state index in [2.05, 4.69) is 20.9 Å². The predicted molar refractivity (Wildman–Crippen MR) is 78.5 cm³/mol. The van der Waals surface area contributed by atoms with E-state index in [0.717, 1.165) is 15.5 Å². The standard InChI is InChI=1S/C11H13BrN2OS2/c1-7(6-17(2)15)14-10-5-8(12)3-4-9(10)13-11(14)16/h3-5,7H,6H2,1-2H3,(H,13,16). The van der Waals surface area contributed by atoms with Crippen molar-refractivity contribution in [2.45, 2.75) is 13.0 Å². The van der Waals surface area contributed by atoms with E-state index < -0.39 is 10.8 Å². The van der Waals surface area contributed by atoms with Crippen molar-refractivity contribution in [2.24, 2.45) is 0 Å². The molecule has 1 heterocycles. The maximum Gasteiger partial charge on any atom is 0.178 e. The molecule has 2 unspecified atom stereocenters. The predicted octanol–water partition coefficient (Wildman–Crippen LogP) is 3.40. The van der Waals surface area contributed by atoms with Gasteiger partial charge in [0, 0.05) is 33.3 Å². The maximum atomic E-state index is 11.3. The van der Waals surface area contributed by atoms with Crippen LogP contribution < -0.4 is 0 Å². The van der Waals surface area contributed by atoms with Crippen molar-refractivity contribution in [1.82, 2.24) is 9.55 Å². The van der Waals surface area contributed by atoms with Crippen LogP contribution in [0.25, 0.3) is 11.0 Å². The van der Waals surface area contributed by atoms with Gasteiger partial charge in [-0.2, -0.15) is 0 Å². The van der Waals surface area contributed by atoms with Gasteiger partial charge in [-0.3, -0.25) is 4.21 Å². The molecule has 2 atom stereocenters. The molecule has 1 aromatic heterocycles. The summed E-state index contributed by atoms with van der Waals surface area (Å²) < 4.78 is 15.0. The highest BCUT2D eigenvalue weighted by Crippen LogP contribution is 2.23. The van der Waals surface area contributed by atoms with Crippen molar-refractivity contribution in [1.29, 1.82) is 0 Å². The lowest BCUT2D eigenvalue weighted by atomic mass is 10.3. The third kappa shape index (κ3) is 2.69. The number of nitrogens with zero attached hydrogens (tertiary/aromatic N) is 1. The minimum absolute atomic E-state index is 0.122. The zero-order valence-corrected chi connectivity index (χ0v) is 12.8. The van der Waals surface area contributed by atoms with Crippen LogP contribution in [0.5, 0.6) is 0 Å². The number of halogens is 1. The van der Waals surface area contributed by atoms with Crippen molar-refractivity contribution in [3.63, 3.8) is 0 Å². The third-order valence-electron chi connectivity index (χ3n) is 2.60. The van der Waals surface area contributed by atoms with E-state index in [9.17, 15) is 4.21 Å². The van der Waals surface area contributed by atoms with E-state index in [1.54, 1.807) is 6.26 Å². The Labute approximate surface area is 116 Å². The topological polar surface area (TPSA) is 37.8 Å². The van der Waals surface area contributed by atoms with Gasteiger partial charge >= 0.3 is 0 Å².